The van der Waals surface area contributed by atoms with Crippen LogP contribution in [0.1, 0.15) is 26.3 Å². The molecule has 6 nitrogen and oxygen atoms in total. The van der Waals surface area contributed by atoms with Crippen molar-refractivity contribution in [2.75, 3.05) is 0 Å². The molecule has 0 amide bonds. The third kappa shape index (κ3) is 3.56. The van der Waals surface area contributed by atoms with Crippen LogP contribution in [0, 0.1) is 12.1 Å². The molecule has 0 aliphatic rings. The Morgan fingerprint density at radius 1 is 0.700 bits per heavy atom. The third-order valence-corrected chi connectivity index (χ3v) is 7.51. The van der Waals surface area contributed by atoms with E-state index in [0.29, 0.717) is 11.5 Å². The normalized spacial score (nSPS) is 12.2. The quantitative estimate of drug-likeness (QED) is 0.137. The molecule has 0 saturated heterocycles. The molecule has 0 atom stereocenters. The number of benzene rings is 3. The van der Waals surface area contributed by atoms with E-state index in [0.717, 1.165) is 43.7 Å². The Bertz CT molecular complexity index is 2260. The Hall–Kier alpha value is -4.28. The van der Waals surface area contributed by atoms with Crippen LogP contribution in [0.15, 0.2) is 85.7 Å². The number of nitrogens with zero attached hydrogens (tertiary/aromatic N) is 5. The van der Waals surface area contributed by atoms with Gasteiger partial charge in [0.2, 0.25) is 0 Å². The molecule has 7 heteroatoms. The zero-order chi connectivity index (χ0) is 26.3. The monoisotopic (exact) mass is 700 g/mol. The van der Waals surface area contributed by atoms with Crippen molar-refractivity contribution in [1.29, 1.82) is 0 Å². The van der Waals surface area contributed by atoms with Crippen molar-refractivity contribution in [3.8, 4) is 11.5 Å². The van der Waals surface area contributed by atoms with Gasteiger partial charge < -0.3 is 13.5 Å². The van der Waals surface area contributed by atoms with Gasteiger partial charge in [-0.1, -0.05) is 84.8 Å². The summed E-state index contributed by atoms with van der Waals surface area (Å²) in [4.78, 5) is 13.7. The molecule has 196 valence electrons. The summed E-state index contributed by atoms with van der Waals surface area (Å²) < 4.78 is 10.6. The van der Waals surface area contributed by atoms with Gasteiger partial charge in [-0.2, -0.15) is 0 Å². The van der Waals surface area contributed by atoms with Crippen molar-refractivity contribution in [3.05, 3.63) is 103 Å². The fourth-order valence-corrected chi connectivity index (χ4v) is 5.77. The predicted octanol–water partition coefficient (Wildman–Crippen LogP) is 7.68. The van der Waals surface area contributed by atoms with Gasteiger partial charge in [0.05, 0.1) is 11.3 Å². The minimum absolute atomic E-state index is 0. The first-order chi connectivity index (χ1) is 19.0. The fraction of sp³-hybridized carbons (Fsp3) is 0.121. The number of aromatic nitrogens is 5. The van der Waals surface area contributed by atoms with Gasteiger partial charge in [-0.25, -0.2) is 0 Å². The summed E-state index contributed by atoms with van der Waals surface area (Å²) in [7, 11) is 0. The number of para-hydroxylation sites is 1. The summed E-state index contributed by atoms with van der Waals surface area (Å²) >= 11 is 0. The predicted molar refractivity (Wildman–Crippen MR) is 155 cm³/mol. The van der Waals surface area contributed by atoms with Crippen molar-refractivity contribution < 1.29 is 25.8 Å². The van der Waals surface area contributed by atoms with Crippen molar-refractivity contribution in [3.63, 3.8) is 0 Å². The van der Waals surface area contributed by atoms with E-state index in [2.05, 4.69) is 82.0 Å². The van der Waals surface area contributed by atoms with Gasteiger partial charge in [-0.05, 0) is 27.8 Å². The molecule has 8 rings (SSSR count). The van der Waals surface area contributed by atoms with E-state index in [1.54, 1.807) is 12.4 Å². The number of fused-ring (bicyclic) bond motifs is 12. The molecular weight excluding hydrogens is 677 g/mol. The average Bonchev–Trinajstić information content (AvgIpc) is 3.63. The van der Waals surface area contributed by atoms with Crippen LogP contribution < -0.4 is 4.74 Å². The summed E-state index contributed by atoms with van der Waals surface area (Å²) in [6.07, 6.45) is 11.3. The molecule has 0 saturated carbocycles. The molecule has 0 fully saturated rings. The molecule has 5 heterocycles. The van der Waals surface area contributed by atoms with E-state index < -0.39 is 0 Å². The molecule has 0 spiro atoms. The van der Waals surface area contributed by atoms with E-state index in [-0.39, 0.29) is 26.5 Å². The van der Waals surface area contributed by atoms with Crippen LogP contribution in [0.5, 0.6) is 11.5 Å². The van der Waals surface area contributed by atoms with Gasteiger partial charge in [-0.15, -0.1) is 12.1 Å². The van der Waals surface area contributed by atoms with Gasteiger partial charge in [-0.3, -0.25) is 15.0 Å². The fourth-order valence-electron chi connectivity index (χ4n) is 5.77. The molecule has 0 bridgehead atoms. The smallest absolute Gasteiger partial charge is 0.497 e. The maximum Gasteiger partial charge on any atom is 2.00 e. The second-order valence-electron chi connectivity index (χ2n) is 10.9. The van der Waals surface area contributed by atoms with E-state index in [1.165, 1.54) is 16.5 Å². The molecule has 3 aromatic carbocycles. The number of ether oxygens (including phenoxy) is 1. The number of imidazole rings is 2. The standard InChI is InChI=1S/C33H23N5O.Pt/c1-33(2,3)28-6-4-5-24-22-9-7-20(17-25(22)32-36-14-16-38(32)30(24)28)39-21-8-10-23-26(18-21)31-35-13-15-37(31)29-11-12-34-19-27(23)29;/h4-16,19H,1-3H3;/q-2;+2. The number of hydrogen-bond donors (Lipinski definition) is 0. The Kier molecular flexibility index (Phi) is 5.48. The number of rotatable bonds is 2. The average molecular weight is 701 g/mol. The first-order valence-electron chi connectivity index (χ1n) is 12.9. The topological polar surface area (TPSA) is 56.7 Å². The molecule has 0 aliphatic heterocycles. The minimum Gasteiger partial charge on any atom is -0.497 e. The van der Waals surface area contributed by atoms with Gasteiger partial charge in [0.1, 0.15) is 0 Å². The minimum atomic E-state index is -0.00920. The van der Waals surface area contributed by atoms with Crippen molar-refractivity contribution in [2.24, 2.45) is 0 Å². The molecule has 0 radical (unpaired) electrons. The van der Waals surface area contributed by atoms with Crippen molar-refractivity contribution >= 4 is 54.6 Å². The summed E-state index contributed by atoms with van der Waals surface area (Å²) in [5.41, 5.74) is 5.20. The van der Waals surface area contributed by atoms with E-state index in [4.69, 9.17) is 9.72 Å². The van der Waals surface area contributed by atoms with Crippen LogP contribution >= 0.6 is 0 Å². The Balaban J connectivity index is 0.00000264. The largest absolute Gasteiger partial charge is 2.00 e. The summed E-state index contributed by atoms with van der Waals surface area (Å²) in [6.45, 7) is 6.73. The molecular formula is C33H23N5OPt. The maximum atomic E-state index is 6.35. The summed E-state index contributed by atoms with van der Waals surface area (Å²) in [6, 6.07) is 23.6. The Labute approximate surface area is 244 Å². The summed E-state index contributed by atoms with van der Waals surface area (Å²) in [5, 5.41) is 6.15. The van der Waals surface area contributed by atoms with Crippen molar-refractivity contribution in [2.45, 2.75) is 26.2 Å². The van der Waals surface area contributed by atoms with Crippen LogP contribution in [-0.2, 0) is 26.5 Å². The zero-order valence-electron chi connectivity index (χ0n) is 22.0. The second-order valence-corrected chi connectivity index (χ2v) is 10.9. The first kappa shape index (κ1) is 24.7. The Morgan fingerprint density at radius 3 is 2.05 bits per heavy atom. The number of pyridine rings is 3. The second kappa shape index (κ2) is 8.87. The molecule has 0 unspecified atom stereocenters. The van der Waals surface area contributed by atoms with Gasteiger partial charge in [0, 0.05) is 59.7 Å². The van der Waals surface area contributed by atoms with Crippen LogP contribution in [0.4, 0.5) is 0 Å². The molecule has 5 aromatic heterocycles. The van der Waals surface area contributed by atoms with Gasteiger partial charge in [0.15, 0.2) is 0 Å². The summed E-state index contributed by atoms with van der Waals surface area (Å²) in [5.74, 6) is 1.21. The van der Waals surface area contributed by atoms with Crippen LogP contribution in [0.25, 0.3) is 54.6 Å². The third-order valence-electron chi connectivity index (χ3n) is 7.51. The maximum absolute atomic E-state index is 6.35. The van der Waals surface area contributed by atoms with Crippen LogP contribution in [0.2, 0.25) is 0 Å². The van der Waals surface area contributed by atoms with Gasteiger partial charge in [0.25, 0.3) is 0 Å². The molecule has 0 aliphatic carbocycles. The van der Waals surface area contributed by atoms with E-state index >= 15 is 0 Å². The molecule has 40 heavy (non-hydrogen) atoms. The Morgan fingerprint density at radius 2 is 1.35 bits per heavy atom. The number of hydrogen-bond acceptors (Lipinski definition) is 4. The van der Waals surface area contributed by atoms with Crippen LogP contribution in [-0.4, -0.2) is 23.8 Å². The van der Waals surface area contributed by atoms with E-state index in [9.17, 15) is 0 Å². The van der Waals surface area contributed by atoms with Crippen molar-refractivity contribution in [1.82, 2.24) is 23.8 Å². The van der Waals surface area contributed by atoms with Gasteiger partial charge >= 0.3 is 21.1 Å². The zero-order valence-corrected chi connectivity index (χ0v) is 24.3. The van der Waals surface area contributed by atoms with Crippen LogP contribution in [0.3, 0.4) is 0 Å². The molecule has 0 N–H and O–H groups in total. The SMILES string of the molecule is CC(C)(C)c1cccc2c3ccc(Oc4[c-]c5c(cc4)c4cnccc4n4ccnc54)[c-]c3c3nccn3c12.[Pt+2]. The first-order valence-corrected chi connectivity index (χ1v) is 12.9. The van der Waals surface area contributed by atoms with E-state index in [1.807, 2.05) is 43.0 Å². The molecule has 8 aromatic rings.